The predicted molar refractivity (Wildman–Crippen MR) is 110 cm³/mol. The van der Waals surface area contributed by atoms with Crippen LogP contribution in [0.25, 0.3) is 0 Å². The average Bonchev–Trinajstić information content (AvgIpc) is 2.88. The van der Waals surface area contributed by atoms with Gasteiger partial charge in [0.25, 0.3) is 5.91 Å². The molecule has 8 heteroatoms. The predicted octanol–water partition coefficient (Wildman–Crippen LogP) is 3.50. The number of benzene rings is 2. The summed E-state index contributed by atoms with van der Waals surface area (Å²) in [7, 11) is 1.51. The first-order valence-electron chi connectivity index (χ1n) is 10.4. The molecule has 0 aromatic heterocycles. The van der Waals surface area contributed by atoms with E-state index in [0.29, 0.717) is 24.3 Å². The zero-order chi connectivity index (χ0) is 22.2. The Labute approximate surface area is 178 Å². The van der Waals surface area contributed by atoms with Crippen LogP contribution in [0.15, 0.2) is 42.5 Å². The summed E-state index contributed by atoms with van der Waals surface area (Å²) in [5, 5.41) is 14.2. The lowest BCUT2D eigenvalue weighted by Crippen LogP contribution is -2.52. The van der Waals surface area contributed by atoms with E-state index < -0.39 is 29.7 Å². The molecule has 0 unspecified atom stereocenters. The second-order valence-electron chi connectivity index (χ2n) is 8.04. The van der Waals surface area contributed by atoms with Crippen molar-refractivity contribution in [2.24, 2.45) is 0 Å². The van der Waals surface area contributed by atoms with Crippen LogP contribution in [-0.2, 0) is 17.4 Å². The summed E-state index contributed by atoms with van der Waals surface area (Å²) < 4.78 is 46.9. The molecule has 0 saturated carbocycles. The van der Waals surface area contributed by atoms with Crippen LogP contribution in [0.3, 0.4) is 0 Å². The van der Waals surface area contributed by atoms with Gasteiger partial charge in [0.15, 0.2) is 0 Å². The highest BCUT2D eigenvalue weighted by Crippen LogP contribution is 2.43. The Bertz CT molecular complexity index is 940. The van der Waals surface area contributed by atoms with E-state index in [1.54, 1.807) is 30.3 Å². The number of carbonyl (C=O) groups is 1. The lowest BCUT2D eigenvalue weighted by molar-refractivity contribution is -0.138. The molecule has 0 spiro atoms. The van der Waals surface area contributed by atoms with Gasteiger partial charge in [-0.3, -0.25) is 4.79 Å². The summed E-state index contributed by atoms with van der Waals surface area (Å²) in [5.74, 6) is -0.778. The van der Waals surface area contributed by atoms with Gasteiger partial charge in [0, 0.05) is 24.2 Å². The van der Waals surface area contributed by atoms with E-state index in [-0.39, 0.29) is 23.7 Å². The highest BCUT2D eigenvalue weighted by Gasteiger charge is 2.43. The minimum absolute atomic E-state index is 0.0475. The SMILES string of the molecule is COc1ccc([C@@H]2Cc3c(cccc3C(F)(F)F)N([C@@H]3CCCNC3)C(=O)[C@@H]2O)cc1. The molecule has 31 heavy (non-hydrogen) atoms. The molecule has 4 rings (SSSR count). The summed E-state index contributed by atoms with van der Waals surface area (Å²) in [4.78, 5) is 14.8. The third-order valence-electron chi connectivity index (χ3n) is 6.19. The molecule has 3 atom stereocenters. The van der Waals surface area contributed by atoms with Crippen molar-refractivity contribution >= 4 is 11.6 Å². The molecule has 0 bridgehead atoms. The maximum atomic E-state index is 13.9. The van der Waals surface area contributed by atoms with E-state index in [1.807, 2.05) is 0 Å². The van der Waals surface area contributed by atoms with E-state index >= 15 is 0 Å². The number of hydrogen-bond acceptors (Lipinski definition) is 4. The van der Waals surface area contributed by atoms with E-state index in [1.165, 1.54) is 18.1 Å². The molecule has 2 aromatic rings. The van der Waals surface area contributed by atoms with Crippen LogP contribution in [0, 0.1) is 0 Å². The highest BCUT2D eigenvalue weighted by atomic mass is 19.4. The summed E-state index contributed by atoms with van der Waals surface area (Å²) >= 11 is 0. The third kappa shape index (κ3) is 4.14. The number of nitrogens with zero attached hydrogens (tertiary/aromatic N) is 1. The van der Waals surface area contributed by atoms with Crippen molar-refractivity contribution in [2.45, 2.75) is 43.5 Å². The van der Waals surface area contributed by atoms with Gasteiger partial charge < -0.3 is 20.1 Å². The van der Waals surface area contributed by atoms with Crippen molar-refractivity contribution in [1.82, 2.24) is 5.32 Å². The van der Waals surface area contributed by atoms with Crippen molar-refractivity contribution < 1.29 is 27.8 Å². The fraction of sp³-hybridized carbons (Fsp3) is 0.435. The molecular formula is C23H25F3N2O3. The molecule has 5 nitrogen and oxygen atoms in total. The number of piperidine rings is 1. The largest absolute Gasteiger partial charge is 0.497 e. The second-order valence-corrected chi connectivity index (χ2v) is 8.04. The number of alkyl halides is 3. The van der Waals surface area contributed by atoms with Crippen molar-refractivity contribution in [2.75, 3.05) is 25.1 Å². The van der Waals surface area contributed by atoms with E-state index in [9.17, 15) is 23.1 Å². The summed E-state index contributed by atoms with van der Waals surface area (Å²) in [6, 6.07) is 10.4. The Morgan fingerprint density at radius 2 is 1.90 bits per heavy atom. The van der Waals surface area contributed by atoms with Gasteiger partial charge in [-0.2, -0.15) is 13.2 Å². The molecule has 166 valence electrons. The Hall–Kier alpha value is -2.58. The van der Waals surface area contributed by atoms with Gasteiger partial charge in [-0.25, -0.2) is 0 Å². The quantitative estimate of drug-likeness (QED) is 0.777. The number of fused-ring (bicyclic) bond motifs is 1. The molecule has 2 aliphatic heterocycles. The zero-order valence-electron chi connectivity index (χ0n) is 17.2. The Morgan fingerprint density at radius 1 is 1.16 bits per heavy atom. The van der Waals surface area contributed by atoms with Gasteiger partial charge >= 0.3 is 6.18 Å². The van der Waals surface area contributed by atoms with Crippen LogP contribution in [0.4, 0.5) is 18.9 Å². The maximum Gasteiger partial charge on any atom is 0.416 e. The van der Waals surface area contributed by atoms with Gasteiger partial charge in [-0.05, 0) is 61.2 Å². The van der Waals surface area contributed by atoms with Crippen LogP contribution >= 0.6 is 0 Å². The number of rotatable bonds is 3. The van der Waals surface area contributed by atoms with Crippen LogP contribution in [0.1, 0.15) is 35.4 Å². The number of amides is 1. The summed E-state index contributed by atoms with van der Waals surface area (Å²) in [6.45, 7) is 1.27. The topological polar surface area (TPSA) is 61.8 Å². The van der Waals surface area contributed by atoms with Crippen molar-refractivity contribution in [3.8, 4) is 5.75 Å². The number of nitrogens with one attached hydrogen (secondary N) is 1. The first kappa shape index (κ1) is 21.6. The monoisotopic (exact) mass is 434 g/mol. The maximum absolute atomic E-state index is 13.9. The molecule has 1 amide bonds. The molecule has 2 N–H and O–H groups in total. The van der Waals surface area contributed by atoms with Crippen LogP contribution in [0.2, 0.25) is 0 Å². The molecule has 1 saturated heterocycles. The lowest BCUT2D eigenvalue weighted by Gasteiger charge is -2.36. The highest BCUT2D eigenvalue weighted by molar-refractivity contribution is 5.99. The number of hydrogen-bond donors (Lipinski definition) is 2. The Kier molecular flexibility index (Phi) is 5.94. The Balaban J connectivity index is 1.85. The number of methoxy groups -OCH3 is 1. The number of aliphatic hydroxyl groups excluding tert-OH is 1. The minimum atomic E-state index is -4.56. The lowest BCUT2D eigenvalue weighted by atomic mass is 9.86. The summed E-state index contributed by atoms with van der Waals surface area (Å²) in [5.41, 5.74) is 0.113. The van der Waals surface area contributed by atoms with Crippen LogP contribution in [0.5, 0.6) is 5.75 Å². The van der Waals surface area contributed by atoms with E-state index in [0.717, 1.165) is 19.0 Å². The van der Waals surface area contributed by atoms with Gasteiger partial charge in [0.05, 0.1) is 12.7 Å². The van der Waals surface area contributed by atoms with Crippen LogP contribution < -0.4 is 15.0 Å². The van der Waals surface area contributed by atoms with E-state index in [4.69, 9.17) is 4.74 Å². The molecule has 2 aliphatic rings. The number of carbonyl (C=O) groups excluding carboxylic acids is 1. The molecule has 0 aliphatic carbocycles. The summed E-state index contributed by atoms with van der Waals surface area (Å²) in [6.07, 6.45) is -4.65. The number of ether oxygens (including phenoxy) is 1. The normalized spacial score (nSPS) is 24.5. The van der Waals surface area contributed by atoms with Crippen LogP contribution in [-0.4, -0.2) is 43.4 Å². The van der Waals surface area contributed by atoms with Gasteiger partial charge in [0.2, 0.25) is 0 Å². The fourth-order valence-corrected chi connectivity index (χ4v) is 4.63. The van der Waals surface area contributed by atoms with Crippen molar-refractivity contribution in [3.05, 3.63) is 59.2 Å². The minimum Gasteiger partial charge on any atom is -0.497 e. The molecular weight excluding hydrogens is 409 g/mol. The fourth-order valence-electron chi connectivity index (χ4n) is 4.63. The molecule has 2 aromatic carbocycles. The molecule has 0 radical (unpaired) electrons. The van der Waals surface area contributed by atoms with Gasteiger partial charge in [0.1, 0.15) is 11.9 Å². The molecule has 1 fully saturated rings. The van der Waals surface area contributed by atoms with Gasteiger partial charge in [-0.1, -0.05) is 18.2 Å². The number of halogens is 3. The van der Waals surface area contributed by atoms with E-state index in [2.05, 4.69) is 5.32 Å². The van der Waals surface area contributed by atoms with Crippen molar-refractivity contribution in [3.63, 3.8) is 0 Å². The number of anilines is 1. The van der Waals surface area contributed by atoms with Crippen molar-refractivity contribution in [1.29, 1.82) is 0 Å². The second kappa shape index (κ2) is 8.51. The standard InChI is InChI=1S/C23H25F3N2O3/c1-31-16-9-7-14(8-10-16)17-12-18-19(23(24,25)26)5-2-6-20(18)28(22(30)21(17)29)15-4-3-11-27-13-15/h2,5-10,15,17,21,27,29H,3-4,11-13H2,1H3/t15-,17+,21-/m1/s1. The smallest absolute Gasteiger partial charge is 0.416 e. The number of aliphatic hydroxyl groups is 1. The average molecular weight is 434 g/mol. The van der Waals surface area contributed by atoms with Gasteiger partial charge in [-0.15, -0.1) is 0 Å². The Morgan fingerprint density at radius 3 is 2.52 bits per heavy atom. The zero-order valence-corrected chi connectivity index (χ0v) is 17.2. The first-order valence-corrected chi connectivity index (χ1v) is 10.4. The first-order chi connectivity index (χ1) is 14.8. The molecule has 2 heterocycles. The third-order valence-corrected chi connectivity index (χ3v) is 6.19.